The minimum atomic E-state index is -0.530. The fraction of sp³-hybridized carbons (Fsp3) is 0.261. The van der Waals surface area contributed by atoms with E-state index in [1.165, 1.54) is 7.11 Å². The minimum absolute atomic E-state index is 0.216. The molecule has 3 aromatic rings. The molecule has 1 fully saturated rings. The molecule has 7 heteroatoms. The molecule has 0 spiro atoms. The van der Waals surface area contributed by atoms with Gasteiger partial charge in [0.05, 0.1) is 31.8 Å². The van der Waals surface area contributed by atoms with E-state index < -0.39 is 17.5 Å². The van der Waals surface area contributed by atoms with Gasteiger partial charge in [0.25, 0.3) is 5.91 Å². The van der Waals surface area contributed by atoms with E-state index in [1.54, 1.807) is 47.4 Å². The molecule has 1 amide bonds. The Morgan fingerprint density at radius 1 is 1.10 bits per heavy atom. The van der Waals surface area contributed by atoms with Crippen LogP contribution in [0.4, 0.5) is 0 Å². The van der Waals surface area contributed by atoms with Gasteiger partial charge < -0.3 is 18.8 Å². The van der Waals surface area contributed by atoms with Crippen molar-refractivity contribution in [2.45, 2.75) is 0 Å². The number of carbonyl (C=O) groups excluding carboxylic acids is 2. The number of fused-ring (bicyclic) bond motifs is 1. The summed E-state index contributed by atoms with van der Waals surface area (Å²) in [5, 5.41) is 0.800. The zero-order valence-corrected chi connectivity index (χ0v) is 16.5. The zero-order valence-electron chi connectivity index (χ0n) is 16.5. The molecule has 0 bridgehead atoms. The third-order valence-corrected chi connectivity index (χ3v) is 5.15. The molecule has 2 heterocycles. The van der Waals surface area contributed by atoms with Crippen LogP contribution in [0.2, 0.25) is 0 Å². The quantitative estimate of drug-likeness (QED) is 0.490. The highest BCUT2D eigenvalue weighted by Gasteiger charge is 2.28. The van der Waals surface area contributed by atoms with Gasteiger partial charge in [0.1, 0.15) is 5.58 Å². The Kier molecular flexibility index (Phi) is 5.63. The SMILES string of the molecule is COC(=O)C1COCCN(C(=O)c2cccc(-c3cc4ccccc4oc3=O)c2)C1. The van der Waals surface area contributed by atoms with Crippen LogP contribution >= 0.6 is 0 Å². The van der Waals surface area contributed by atoms with E-state index in [-0.39, 0.29) is 19.1 Å². The Labute approximate surface area is 172 Å². The highest BCUT2D eigenvalue weighted by Crippen LogP contribution is 2.23. The number of rotatable bonds is 3. The number of carbonyl (C=O) groups is 2. The third-order valence-electron chi connectivity index (χ3n) is 5.15. The van der Waals surface area contributed by atoms with Crippen molar-refractivity contribution in [1.29, 1.82) is 0 Å². The summed E-state index contributed by atoms with van der Waals surface area (Å²) in [6.45, 7) is 1.14. The maximum absolute atomic E-state index is 13.1. The lowest BCUT2D eigenvalue weighted by Crippen LogP contribution is -2.38. The molecule has 0 aliphatic carbocycles. The maximum atomic E-state index is 13.1. The van der Waals surface area contributed by atoms with Crippen molar-refractivity contribution in [2.75, 3.05) is 33.4 Å². The van der Waals surface area contributed by atoms with Gasteiger partial charge in [-0.3, -0.25) is 9.59 Å². The van der Waals surface area contributed by atoms with Gasteiger partial charge in [0, 0.05) is 24.0 Å². The van der Waals surface area contributed by atoms with Crippen LogP contribution in [0.5, 0.6) is 0 Å². The van der Waals surface area contributed by atoms with E-state index >= 15 is 0 Å². The van der Waals surface area contributed by atoms with Crippen molar-refractivity contribution < 1.29 is 23.5 Å². The van der Waals surface area contributed by atoms with Crippen LogP contribution in [0.25, 0.3) is 22.1 Å². The summed E-state index contributed by atoms with van der Waals surface area (Å²) in [7, 11) is 1.32. The topological polar surface area (TPSA) is 86.1 Å². The van der Waals surface area contributed by atoms with Crippen molar-refractivity contribution in [3.05, 3.63) is 70.6 Å². The Hall–Kier alpha value is -3.45. The first-order chi connectivity index (χ1) is 14.6. The lowest BCUT2D eigenvalue weighted by atomic mass is 10.0. The van der Waals surface area contributed by atoms with E-state index in [1.807, 2.05) is 12.1 Å². The third kappa shape index (κ3) is 3.97. The van der Waals surface area contributed by atoms with Gasteiger partial charge in [-0.1, -0.05) is 30.3 Å². The van der Waals surface area contributed by atoms with Gasteiger partial charge >= 0.3 is 11.6 Å². The van der Waals surface area contributed by atoms with Crippen LogP contribution < -0.4 is 5.63 Å². The summed E-state index contributed by atoms with van der Waals surface area (Å²) in [5.41, 5.74) is 1.45. The lowest BCUT2D eigenvalue weighted by Gasteiger charge is -2.22. The fourth-order valence-electron chi connectivity index (χ4n) is 3.57. The van der Waals surface area contributed by atoms with Crippen molar-refractivity contribution in [1.82, 2.24) is 4.90 Å². The van der Waals surface area contributed by atoms with Crippen LogP contribution in [-0.2, 0) is 14.3 Å². The normalized spacial score (nSPS) is 16.8. The molecule has 2 aromatic carbocycles. The van der Waals surface area contributed by atoms with Crippen LogP contribution in [0.3, 0.4) is 0 Å². The van der Waals surface area contributed by atoms with Gasteiger partial charge in [-0.05, 0) is 29.8 Å². The number of para-hydroxylation sites is 1. The molecule has 30 heavy (non-hydrogen) atoms. The zero-order chi connectivity index (χ0) is 21.1. The average Bonchev–Trinajstić information content (AvgIpc) is 3.04. The van der Waals surface area contributed by atoms with Crippen molar-refractivity contribution >= 4 is 22.8 Å². The Morgan fingerprint density at radius 2 is 1.93 bits per heavy atom. The summed E-state index contributed by atoms with van der Waals surface area (Å²) in [5.74, 6) is -1.17. The summed E-state index contributed by atoms with van der Waals surface area (Å²) in [6, 6.07) is 15.9. The molecular weight excluding hydrogens is 386 g/mol. The van der Waals surface area contributed by atoms with Gasteiger partial charge in [-0.25, -0.2) is 4.79 Å². The van der Waals surface area contributed by atoms with E-state index in [2.05, 4.69) is 0 Å². The largest absolute Gasteiger partial charge is 0.469 e. The predicted octanol–water partition coefficient (Wildman–Crippen LogP) is 2.72. The van der Waals surface area contributed by atoms with E-state index in [0.717, 1.165) is 5.39 Å². The smallest absolute Gasteiger partial charge is 0.344 e. The van der Waals surface area contributed by atoms with Gasteiger partial charge in [-0.15, -0.1) is 0 Å². The second kappa shape index (κ2) is 8.51. The molecule has 4 rings (SSSR count). The summed E-state index contributed by atoms with van der Waals surface area (Å²) >= 11 is 0. The molecule has 1 unspecified atom stereocenters. The Bertz CT molecular complexity index is 1150. The number of esters is 1. The lowest BCUT2D eigenvalue weighted by molar-refractivity contribution is -0.147. The van der Waals surface area contributed by atoms with Crippen LogP contribution in [0.15, 0.2) is 63.8 Å². The molecule has 1 aromatic heterocycles. The fourth-order valence-corrected chi connectivity index (χ4v) is 3.57. The average molecular weight is 407 g/mol. The molecule has 0 radical (unpaired) electrons. The van der Waals surface area contributed by atoms with Gasteiger partial charge in [0.2, 0.25) is 0 Å². The molecule has 1 aliphatic heterocycles. The number of hydrogen-bond acceptors (Lipinski definition) is 6. The standard InChI is InChI=1S/C23H21NO6/c1-28-22(26)18-13-24(9-10-29-14-18)21(25)17-7-4-6-15(11-17)19-12-16-5-2-3-8-20(16)30-23(19)27/h2-8,11-12,18H,9-10,13-14H2,1H3. The van der Waals surface area contributed by atoms with E-state index in [9.17, 15) is 14.4 Å². The Balaban J connectivity index is 1.65. The number of nitrogens with zero attached hydrogens (tertiary/aromatic N) is 1. The van der Waals surface area contributed by atoms with E-state index in [0.29, 0.717) is 35.4 Å². The van der Waals surface area contributed by atoms with Gasteiger partial charge in [-0.2, -0.15) is 0 Å². The first kappa shape index (κ1) is 19.8. The summed E-state index contributed by atoms with van der Waals surface area (Å²) in [4.78, 5) is 39.1. The number of methoxy groups -OCH3 is 1. The predicted molar refractivity (Wildman–Crippen MR) is 110 cm³/mol. The maximum Gasteiger partial charge on any atom is 0.344 e. The first-order valence-corrected chi connectivity index (χ1v) is 9.65. The van der Waals surface area contributed by atoms with Crippen molar-refractivity contribution in [3.63, 3.8) is 0 Å². The number of hydrogen-bond donors (Lipinski definition) is 0. The van der Waals surface area contributed by atoms with Crippen molar-refractivity contribution in [2.24, 2.45) is 5.92 Å². The van der Waals surface area contributed by atoms with Crippen LogP contribution in [-0.4, -0.2) is 50.2 Å². The number of amides is 1. The van der Waals surface area contributed by atoms with Crippen LogP contribution in [0, 0.1) is 5.92 Å². The highest BCUT2D eigenvalue weighted by molar-refractivity contribution is 5.96. The number of ether oxygens (including phenoxy) is 2. The summed E-state index contributed by atoms with van der Waals surface area (Å²) < 4.78 is 15.7. The molecule has 1 atom stereocenters. The molecule has 1 aliphatic rings. The molecule has 1 saturated heterocycles. The molecule has 154 valence electrons. The Morgan fingerprint density at radius 3 is 2.77 bits per heavy atom. The monoisotopic (exact) mass is 407 g/mol. The van der Waals surface area contributed by atoms with E-state index in [4.69, 9.17) is 13.9 Å². The molecule has 0 saturated carbocycles. The second-order valence-electron chi connectivity index (χ2n) is 7.11. The first-order valence-electron chi connectivity index (χ1n) is 9.65. The van der Waals surface area contributed by atoms with Crippen LogP contribution in [0.1, 0.15) is 10.4 Å². The minimum Gasteiger partial charge on any atom is -0.469 e. The summed E-state index contributed by atoms with van der Waals surface area (Å²) in [6.07, 6.45) is 0. The molecule has 0 N–H and O–H groups in total. The van der Waals surface area contributed by atoms with Gasteiger partial charge in [0.15, 0.2) is 0 Å². The molecular formula is C23H21NO6. The number of benzene rings is 2. The highest BCUT2D eigenvalue weighted by atomic mass is 16.5. The second-order valence-corrected chi connectivity index (χ2v) is 7.11. The molecule has 7 nitrogen and oxygen atoms in total. The van der Waals surface area contributed by atoms with Crippen molar-refractivity contribution in [3.8, 4) is 11.1 Å².